The molecule has 0 amide bonds. The van der Waals surface area contributed by atoms with Gasteiger partial charge in [0.25, 0.3) is 5.56 Å². The van der Waals surface area contributed by atoms with E-state index in [1.807, 2.05) is 0 Å². The molecule has 0 spiro atoms. The van der Waals surface area contributed by atoms with Crippen LogP contribution in [0.5, 0.6) is 0 Å². The number of aromatic nitrogens is 2. The number of hydrogen-bond donors (Lipinski definition) is 3. The summed E-state index contributed by atoms with van der Waals surface area (Å²) in [6, 6.07) is 0. The van der Waals surface area contributed by atoms with Gasteiger partial charge in [0.15, 0.2) is 6.23 Å². The third kappa shape index (κ3) is 3.28. The van der Waals surface area contributed by atoms with Crippen molar-refractivity contribution < 1.29 is 24.4 Å². The summed E-state index contributed by atoms with van der Waals surface area (Å²) >= 11 is 0. The molecule has 1 saturated heterocycles. The number of hydrogen-bond acceptors (Lipinski definition) is 7. The van der Waals surface area contributed by atoms with E-state index in [-0.39, 0.29) is 6.61 Å². The lowest BCUT2D eigenvalue weighted by Gasteiger charge is -2.22. The Kier molecular flexibility index (Phi) is 5.48. The highest BCUT2D eigenvalue weighted by atomic mass is 16.6. The van der Waals surface area contributed by atoms with E-state index in [9.17, 15) is 19.8 Å². The molecule has 1 aromatic heterocycles. The number of rotatable bonds is 6. The lowest BCUT2D eigenvalue weighted by molar-refractivity contribution is -0.0820. The van der Waals surface area contributed by atoms with Crippen LogP contribution in [0.4, 0.5) is 0 Å². The predicted octanol–water partition coefficient (Wildman–Crippen LogP) is -1.87. The maximum absolute atomic E-state index is 12.0. The Morgan fingerprint density at radius 3 is 2.77 bits per heavy atom. The summed E-state index contributed by atoms with van der Waals surface area (Å²) in [5.41, 5.74) is -0.845. The van der Waals surface area contributed by atoms with Crippen LogP contribution in [-0.4, -0.2) is 65.0 Å². The molecule has 9 heteroatoms. The van der Waals surface area contributed by atoms with Gasteiger partial charge < -0.3 is 24.4 Å². The van der Waals surface area contributed by atoms with Crippen molar-refractivity contribution in [1.82, 2.24) is 9.55 Å². The average molecular weight is 316 g/mol. The zero-order valence-electron chi connectivity index (χ0n) is 12.4. The van der Waals surface area contributed by atoms with Crippen molar-refractivity contribution in [1.29, 1.82) is 0 Å². The van der Waals surface area contributed by atoms with Crippen LogP contribution >= 0.6 is 0 Å². The Hall–Kier alpha value is -1.52. The van der Waals surface area contributed by atoms with Crippen molar-refractivity contribution >= 4 is 0 Å². The molecule has 1 aliphatic rings. The number of aliphatic hydroxyl groups is 2. The molecule has 2 rings (SSSR count). The molecule has 22 heavy (non-hydrogen) atoms. The molecule has 4 atom stereocenters. The van der Waals surface area contributed by atoms with Gasteiger partial charge in [0.05, 0.1) is 19.8 Å². The average Bonchev–Trinajstić information content (AvgIpc) is 2.80. The Labute approximate surface area is 126 Å². The van der Waals surface area contributed by atoms with Crippen molar-refractivity contribution in [2.75, 3.05) is 26.9 Å². The Bertz CT molecular complexity index is 611. The van der Waals surface area contributed by atoms with Gasteiger partial charge in [-0.15, -0.1) is 0 Å². The largest absolute Gasteiger partial charge is 0.394 e. The molecular formula is C13H20N2O7. The van der Waals surface area contributed by atoms with Crippen molar-refractivity contribution in [3.05, 3.63) is 32.6 Å². The number of aliphatic hydroxyl groups excluding tert-OH is 2. The monoisotopic (exact) mass is 316 g/mol. The van der Waals surface area contributed by atoms with Gasteiger partial charge in [-0.2, -0.15) is 0 Å². The van der Waals surface area contributed by atoms with Crippen molar-refractivity contribution in [2.45, 2.75) is 31.5 Å². The quantitative estimate of drug-likeness (QED) is 0.525. The van der Waals surface area contributed by atoms with E-state index in [0.29, 0.717) is 12.2 Å². The van der Waals surface area contributed by atoms with Gasteiger partial charge in [0, 0.05) is 18.9 Å². The first-order valence-electron chi connectivity index (χ1n) is 6.86. The van der Waals surface area contributed by atoms with Crippen molar-refractivity contribution in [3.8, 4) is 0 Å². The number of aromatic amines is 1. The zero-order valence-corrected chi connectivity index (χ0v) is 12.4. The maximum atomic E-state index is 12.0. The standard InChI is InChI=1S/C13H20N2O7/c1-7-5-15(13(19)14-11(7)18)12-10(21-4-3-20-2)9(17)8(6-16)22-12/h5,8-10,12,16-17H,3-4,6H2,1-2H3,(H,14,18,19)/t8-,9-,10+,12+/m1/s1. The SMILES string of the molecule is COCCO[C@H]1[C@H](O)[C@@H](CO)O[C@@H]1n1cc(C)c(=O)[nH]c1=O. The van der Waals surface area contributed by atoms with Crippen molar-refractivity contribution in [2.24, 2.45) is 0 Å². The number of H-pyrrole nitrogens is 1. The third-order valence-corrected chi connectivity index (χ3v) is 3.51. The van der Waals surface area contributed by atoms with E-state index in [1.54, 1.807) is 6.92 Å². The summed E-state index contributed by atoms with van der Waals surface area (Å²) in [5, 5.41) is 19.4. The Balaban J connectivity index is 2.31. The highest BCUT2D eigenvalue weighted by Gasteiger charge is 2.45. The van der Waals surface area contributed by atoms with Gasteiger partial charge in [0.1, 0.15) is 18.3 Å². The lowest BCUT2D eigenvalue weighted by Crippen LogP contribution is -2.40. The molecule has 0 saturated carbocycles. The molecule has 2 heterocycles. The lowest BCUT2D eigenvalue weighted by atomic mass is 10.1. The molecule has 0 bridgehead atoms. The number of ether oxygens (including phenoxy) is 3. The van der Waals surface area contributed by atoms with Gasteiger partial charge >= 0.3 is 5.69 Å². The fourth-order valence-electron chi connectivity index (χ4n) is 2.32. The maximum Gasteiger partial charge on any atom is 0.330 e. The fourth-order valence-corrected chi connectivity index (χ4v) is 2.32. The molecule has 0 unspecified atom stereocenters. The summed E-state index contributed by atoms with van der Waals surface area (Å²) in [6.07, 6.45) is -2.46. The van der Waals surface area contributed by atoms with Gasteiger partial charge in [-0.05, 0) is 6.92 Å². The van der Waals surface area contributed by atoms with Crippen LogP contribution in [0, 0.1) is 6.92 Å². The Morgan fingerprint density at radius 1 is 1.41 bits per heavy atom. The number of nitrogens with one attached hydrogen (secondary N) is 1. The molecule has 1 aliphatic heterocycles. The van der Waals surface area contributed by atoms with E-state index in [2.05, 4.69) is 4.98 Å². The van der Waals surface area contributed by atoms with Gasteiger partial charge in [-0.3, -0.25) is 14.3 Å². The van der Waals surface area contributed by atoms with Crippen LogP contribution in [0.15, 0.2) is 15.8 Å². The van der Waals surface area contributed by atoms with E-state index in [0.717, 1.165) is 4.57 Å². The second-order valence-corrected chi connectivity index (χ2v) is 5.05. The highest BCUT2D eigenvalue weighted by Crippen LogP contribution is 2.30. The molecule has 0 aliphatic carbocycles. The van der Waals surface area contributed by atoms with Crippen LogP contribution in [-0.2, 0) is 14.2 Å². The van der Waals surface area contributed by atoms with Gasteiger partial charge in [-0.25, -0.2) is 4.79 Å². The van der Waals surface area contributed by atoms with Gasteiger partial charge in [-0.1, -0.05) is 0 Å². The van der Waals surface area contributed by atoms with E-state index < -0.39 is 42.4 Å². The molecule has 1 fully saturated rings. The summed E-state index contributed by atoms with van der Waals surface area (Å²) in [6.45, 7) is 1.62. The second kappa shape index (κ2) is 7.16. The summed E-state index contributed by atoms with van der Waals surface area (Å²) < 4.78 is 17.0. The minimum absolute atomic E-state index is 0.188. The second-order valence-electron chi connectivity index (χ2n) is 5.05. The topological polar surface area (TPSA) is 123 Å². The van der Waals surface area contributed by atoms with Crippen LogP contribution < -0.4 is 11.2 Å². The van der Waals surface area contributed by atoms with E-state index >= 15 is 0 Å². The molecule has 1 aromatic rings. The minimum Gasteiger partial charge on any atom is -0.394 e. The molecule has 9 nitrogen and oxygen atoms in total. The minimum atomic E-state index is -1.11. The smallest absolute Gasteiger partial charge is 0.330 e. The third-order valence-electron chi connectivity index (χ3n) is 3.51. The summed E-state index contributed by atoms with van der Waals surface area (Å²) in [7, 11) is 1.51. The molecule has 3 N–H and O–H groups in total. The first-order chi connectivity index (χ1) is 10.5. The van der Waals surface area contributed by atoms with Crippen LogP contribution in [0.25, 0.3) is 0 Å². The summed E-state index contributed by atoms with van der Waals surface area (Å²) in [4.78, 5) is 25.6. The van der Waals surface area contributed by atoms with E-state index in [1.165, 1.54) is 13.3 Å². The van der Waals surface area contributed by atoms with E-state index in [4.69, 9.17) is 14.2 Å². The normalized spacial score (nSPS) is 28.2. The predicted molar refractivity (Wildman–Crippen MR) is 74.7 cm³/mol. The molecule has 0 aromatic carbocycles. The van der Waals surface area contributed by atoms with Crippen LogP contribution in [0.2, 0.25) is 0 Å². The van der Waals surface area contributed by atoms with Crippen molar-refractivity contribution in [3.63, 3.8) is 0 Å². The number of aryl methyl sites for hydroxylation is 1. The number of nitrogens with zero attached hydrogens (tertiary/aromatic N) is 1. The van der Waals surface area contributed by atoms with Crippen LogP contribution in [0.1, 0.15) is 11.8 Å². The first-order valence-corrected chi connectivity index (χ1v) is 6.86. The fraction of sp³-hybridized carbons (Fsp3) is 0.692. The number of methoxy groups -OCH3 is 1. The first kappa shape index (κ1) is 16.8. The molecule has 124 valence electrons. The molecular weight excluding hydrogens is 296 g/mol. The highest BCUT2D eigenvalue weighted by molar-refractivity contribution is 5.03. The molecule has 0 radical (unpaired) electrons. The van der Waals surface area contributed by atoms with Gasteiger partial charge in [0.2, 0.25) is 0 Å². The summed E-state index contributed by atoms with van der Waals surface area (Å²) in [5.74, 6) is 0. The van der Waals surface area contributed by atoms with Crippen LogP contribution in [0.3, 0.4) is 0 Å². The Morgan fingerprint density at radius 2 is 2.14 bits per heavy atom. The zero-order chi connectivity index (χ0) is 16.3.